The number of nitro groups is 1. The Balaban J connectivity index is 1.44. The SMILES string of the molecule is C=CCc1cc(/C=C2\SC(=Nc3ccccc3)N(Cc3ccco3)C2=O)cc(OC)c1OCc1ccc([N+](=O)[O-])cc1. The van der Waals surface area contributed by atoms with Crippen LogP contribution in [0.5, 0.6) is 11.5 Å². The lowest BCUT2D eigenvalue weighted by atomic mass is 10.0. The normalized spacial score (nSPS) is 14.9. The van der Waals surface area contributed by atoms with E-state index in [9.17, 15) is 14.9 Å². The van der Waals surface area contributed by atoms with Crippen LogP contribution >= 0.6 is 11.8 Å². The third kappa shape index (κ3) is 6.61. The first-order valence-electron chi connectivity index (χ1n) is 13.0. The average molecular weight is 582 g/mol. The summed E-state index contributed by atoms with van der Waals surface area (Å²) in [7, 11) is 1.55. The summed E-state index contributed by atoms with van der Waals surface area (Å²) in [6.45, 7) is 4.31. The van der Waals surface area contributed by atoms with E-state index in [2.05, 4.69) is 6.58 Å². The highest BCUT2D eigenvalue weighted by Gasteiger charge is 2.34. The molecular formula is C32H27N3O6S. The highest BCUT2D eigenvalue weighted by molar-refractivity contribution is 8.18. The molecule has 10 heteroatoms. The number of furan rings is 1. The van der Waals surface area contributed by atoms with Gasteiger partial charge in [-0.1, -0.05) is 24.3 Å². The molecule has 0 aliphatic carbocycles. The van der Waals surface area contributed by atoms with Crippen molar-refractivity contribution in [2.24, 2.45) is 4.99 Å². The van der Waals surface area contributed by atoms with Crippen LogP contribution in [0.25, 0.3) is 6.08 Å². The van der Waals surface area contributed by atoms with Gasteiger partial charge in [0.2, 0.25) is 0 Å². The number of carbonyl (C=O) groups excluding carboxylic acids is 1. The topological polar surface area (TPSA) is 107 Å². The number of hydrogen-bond acceptors (Lipinski definition) is 8. The molecule has 212 valence electrons. The summed E-state index contributed by atoms with van der Waals surface area (Å²) < 4.78 is 17.3. The second kappa shape index (κ2) is 13.0. The van der Waals surface area contributed by atoms with Crippen LogP contribution in [0.4, 0.5) is 11.4 Å². The Morgan fingerprint density at radius 1 is 1.10 bits per heavy atom. The lowest BCUT2D eigenvalue weighted by Gasteiger charge is -2.16. The number of rotatable bonds is 11. The summed E-state index contributed by atoms with van der Waals surface area (Å²) in [5, 5.41) is 11.5. The molecule has 0 atom stereocenters. The number of allylic oxidation sites excluding steroid dienone is 1. The van der Waals surface area contributed by atoms with E-state index in [1.165, 1.54) is 23.9 Å². The largest absolute Gasteiger partial charge is 0.493 e. The van der Waals surface area contributed by atoms with Gasteiger partial charge in [-0.25, -0.2) is 4.99 Å². The van der Waals surface area contributed by atoms with Crippen molar-refractivity contribution in [3.05, 3.63) is 135 Å². The number of thioether (sulfide) groups is 1. The van der Waals surface area contributed by atoms with Crippen LogP contribution in [-0.4, -0.2) is 28.0 Å². The van der Waals surface area contributed by atoms with E-state index < -0.39 is 4.92 Å². The zero-order valence-electron chi connectivity index (χ0n) is 22.8. The van der Waals surface area contributed by atoms with Gasteiger partial charge >= 0.3 is 0 Å². The maximum atomic E-state index is 13.6. The van der Waals surface area contributed by atoms with Crippen LogP contribution < -0.4 is 9.47 Å². The van der Waals surface area contributed by atoms with E-state index in [1.54, 1.807) is 42.5 Å². The van der Waals surface area contributed by atoms with Gasteiger partial charge in [-0.3, -0.25) is 19.8 Å². The zero-order valence-corrected chi connectivity index (χ0v) is 23.6. The third-order valence-electron chi connectivity index (χ3n) is 6.33. The molecule has 0 saturated carbocycles. The third-order valence-corrected chi connectivity index (χ3v) is 7.34. The first kappa shape index (κ1) is 28.4. The molecule has 1 aliphatic rings. The summed E-state index contributed by atoms with van der Waals surface area (Å²) >= 11 is 1.29. The number of benzene rings is 3. The second-order valence-electron chi connectivity index (χ2n) is 9.23. The van der Waals surface area contributed by atoms with Crippen LogP contribution in [0.3, 0.4) is 0 Å². The fourth-order valence-corrected chi connectivity index (χ4v) is 5.31. The van der Waals surface area contributed by atoms with E-state index in [-0.39, 0.29) is 24.7 Å². The van der Waals surface area contributed by atoms with Gasteiger partial charge < -0.3 is 13.9 Å². The highest BCUT2D eigenvalue weighted by atomic mass is 32.2. The molecule has 1 fully saturated rings. The van der Waals surface area contributed by atoms with Crippen molar-refractivity contribution in [1.29, 1.82) is 0 Å². The number of amides is 1. The summed E-state index contributed by atoms with van der Waals surface area (Å²) in [5.74, 6) is 1.49. The van der Waals surface area contributed by atoms with Gasteiger partial charge in [0.1, 0.15) is 12.4 Å². The molecule has 9 nitrogen and oxygen atoms in total. The number of amidine groups is 1. The van der Waals surface area contributed by atoms with Gasteiger partial charge in [-0.15, -0.1) is 6.58 Å². The summed E-state index contributed by atoms with van der Waals surface area (Å²) in [6.07, 6.45) is 5.64. The molecule has 0 unspecified atom stereocenters. The van der Waals surface area contributed by atoms with Gasteiger partial charge in [0.25, 0.3) is 11.6 Å². The maximum absolute atomic E-state index is 13.6. The Morgan fingerprint density at radius 3 is 2.55 bits per heavy atom. The molecule has 5 rings (SSSR count). The number of para-hydroxylation sites is 1. The number of nitrogens with zero attached hydrogens (tertiary/aromatic N) is 3. The van der Waals surface area contributed by atoms with Gasteiger partial charge in [-0.05, 0) is 83.9 Å². The van der Waals surface area contributed by atoms with E-state index in [0.717, 1.165) is 22.4 Å². The highest BCUT2D eigenvalue weighted by Crippen LogP contribution is 2.39. The lowest BCUT2D eigenvalue weighted by molar-refractivity contribution is -0.384. The smallest absolute Gasteiger partial charge is 0.269 e. The molecule has 1 saturated heterocycles. The molecular weight excluding hydrogens is 554 g/mol. The van der Waals surface area contributed by atoms with Gasteiger partial charge in [0, 0.05) is 17.7 Å². The van der Waals surface area contributed by atoms with Gasteiger partial charge in [-0.2, -0.15) is 0 Å². The number of nitro benzene ring substituents is 1. The molecule has 4 aromatic rings. The quantitative estimate of drug-likeness (QED) is 0.0791. The molecule has 1 aromatic heterocycles. The monoisotopic (exact) mass is 581 g/mol. The Labute approximate surface area is 246 Å². The van der Waals surface area contributed by atoms with Crippen LogP contribution in [0.2, 0.25) is 0 Å². The van der Waals surface area contributed by atoms with E-state index in [0.29, 0.717) is 33.8 Å². The first-order valence-corrected chi connectivity index (χ1v) is 13.8. The zero-order chi connectivity index (χ0) is 29.5. The number of ether oxygens (including phenoxy) is 2. The Bertz CT molecular complexity index is 1650. The molecule has 0 bridgehead atoms. The second-order valence-corrected chi connectivity index (χ2v) is 10.2. The Hall–Kier alpha value is -5.09. The van der Waals surface area contributed by atoms with Crippen molar-refractivity contribution in [3.8, 4) is 11.5 Å². The number of hydrogen-bond donors (Lipinski definition) is 0. The van der Waals surface area contributed by atoms with Crippen molar-refractivity contribution in [1.82, 2.24) is 4.90 Å². The molecule has 42 heavy (non-hydrogen) atoms. The molecule has 1 amide bonds. The van der Waals surface area contributed by atoms with Crippen LogP contribution in [-0.2, 0) is 24.4 Å². The standard InChI is InChI=1S/C32H27N3O6S/c1-3-8-24-17-23(18-28(39-2)30(24)41-21-22-12-14-26(15-13-22)35(37)38)19-29-31(36)34(20-27-11-7-16-40-27)32(42-29)33-25-9-5-4-6-10-25/h3-7,9-19H,1,8,20-21H2,2H3/b29-19-,33-32?. The number of aliphatic imine (C=N–C) groups is 1. The maximum Gasteiger partial charge on any atom is 0.269 e. The van der Waals surface area contributed by atoms with Crippen LogP contribution in [0.15, 0.2) is 112 Å². The molecule has 3 aromatic carbocycles. The summed E-state index contributed by atoms with van der Waals surface area (Å²) in [5.41, 5.74) is 3.09. The van der Waals surface area contributed by atoms with Crippen molar-refractivity contribution in [2.75, 3.05) is 7.11 Å². The lowest BCUT2D eigenvalue weighted by Crippen LogP contribution is -2.28. The molecule has 2 heterocycles. The minimum atomic E-state index is -0.441. The van der Waals surface area contributed by atoms with Crippen molar-refractivity contribution >= 4 is 40.3 Å². The molecule has 0 radical (unpaired) electrons. The van der Waals surface area contributed by atoms with E-state index in [1.807, 2.05) is 54.6 Å². The molecule has 1 aliphatic heterocycles. The predicted molar refractivity (Wildman–Crippen MR) is 163 cm³/mol. The van der Waals surface area contributed by atoms with E-state index in [4.69, 9.17) is 18.9 Å². The summed E-state index contributed by atoms with van der Waals surface area (Å²) in [4.78, 5) is 31.0. The van der Waals surface area contributed by atoms with Gasteiger partial charge in [0.05, 0.1) is 35.4 Å². The number of methoxy groups -OCH3 is 1. The van der Waals surface area contributed by atoms with E-state index >= 15 is 0 Å². The molecule has 0 N–H and O–H groups in total. The number of carbonyl (C=O) groups is 1. The Morgan fingerprint density at radius 2 is 1.88 bits per heavy atom. The van der Waals surface area contributed by atoms with Crippen LogP contribution in [0, 0.1) is 10.1 Å². The van der Waals surface area contributed by atoms with Gasteiger partial charge in [0.15, 0.2) is 16.7 Å². The fourth-order valence-electron chi connectivity index (χ4n) is 4.31. The van der Waals surface area contributed by atoms with Crippen molar-refractivity contribution in [3.63, 3.8) is 0 Å². The predicted octanol–water partition coefficient (Wildman–Crippen LogP) is 7.31. The first-order chi connectivity index (χ1) is 20.4. The Kier molecular flexibility index (Phi) is 8.84. The molecule has 0 spiro atoms. The van der Waals surface area contributed by atoms with Crippen molar-refractivity contribution in [2.45, 2.75) is 19.6 Å². The minimum absolute atomic E-state index is 0.0140. The average Bonchev–Trinajstić information content (AvgIpc) is 3.61. The van der Waals surface area contributed by atoms with Crippen molar-refractivity contribution < 1.29 is 23.6 Å². The van der Waals surface area contributed by atoms with Crippen LogP contribution in [0.1, 0.15) is 22.5 Å². The summed E-state index contributed by atoms with van der Waals surface area (Å²) in [6, 6.07) is 23.0. The fraction of sp³-hybridized carbons (Fsp3) is 0.125. The number of non-ortho nitro benzene ring substituents is 1. The minimum Gasteiger partial charge on any atom is -0.493 e.